The molecule has 15 N–H and O–H groups in total. The maximum atomic E-state index is 15.0. The van der Waals surface area contributed by atoms with Crippen LogP contribution in [0.5, 0.6) is 0 Å². The Hall–Kier alpha value is -8.74. The van der Waals surface area contributed by atoms with E-state index < -0.39 is 156 Å². The molecule has 0 bridgehead atoms. The second-order valence-corrected chi connectivity index (χ2v) is 23.8. The van der Waals surface area contributed by atoms with Crippen LogP contribution in [-0.2, 0) is 76.8 Å². The SMILES string of the molecule is CC(C)C[C@H]1NC(=O)[C@@H](CCCN)NC(=O)[C@H](C(C)C)NC(=O)[C@@H](Cc2ccccc2)NC(=O)[C@H](CCC(N)=O)NC(=O)[C@H](CC(N)=O)NC(=O)[C@H](Cc2ccccc2)NC(=O)[C@@H](CC(C)C)NC(=O)[C@@H]2CCCN2C(=O)[C@@H](Cc2ccccc2)NC1=O. The molecule has 0 unspecified atom stereocenters. The van der Waals surface area contributed by atoms with Crippen molar-refractivity contribution in [2.24, 2.45) is 35.0 Å². The number of benzene rings is 3. The Morgan fingerprint density at radius 1 is 0.455 bits per heavy atom. The highest BCUT2D eigenvalue weighted by Crippen LogP contribution is 2.22. The number of fused-ring (bicyclic) bond motifs is 1. The van der Waals surface area contributed by atoms with Gasteiger partial charge in [0.25, 0.3) is 0 Å². The fourth-order valence-electron chi connectivity index (χ4n) is 10.6. The minimum Gasteiger partial charge on any atom is -0.370 e. The minimum absolute atomic E-state index is 0.000579. The highest BCUT2D eigenvalue weighted by Gasteiger charge is 2.42. The van der Waals surface area contributed by atoms with E-state index in [1.807, 2.05) is 27.7 Å². The molecule has 0 spiro atoms. The van der Waals surface area contributed by atoms with Crippen LogP contribution in [0.2, 0.25) is 0 Å². The van der Waals surface area contributed by atoms with Crippen molar-refractivity contribution in [3.8, 4) is 0 Å². The van der Waals surface area contributed by atoms with Crippen LogP contribution >= 0.6 is 0 Å². The van der Waals surface area contributed by atoms with Crippen LogP contribution < -0.4 is 65.1 Å². The van der Waals surface area contributed by atoms with E-state index in [2.05, 4.69) is 47.9 Å². The number of amides is 12. The molecule has 0 radical (unpaired) electrons. The molecule has 2 heterocycles. The Balaban J connectivity index is 1.64. The highest BCUT2D eigenvalue weighted by molar-refractivity contribution is 6.00. The third-order valence-corrected chi connectivity index (χ3v) is 15.2. The molecule has 25 heteroatoms. The lowest BCUT2D eigenvalue weighted by atomic mass is 9.98. The lowest BCUT2D eigenvalue weighted by Gasteiger charge is -2.32. The summed E-state index contributed by atoms with van der Waals surface area (Å²) in [6.07, 6.45) is -1.15. The molecule has 5 rings (SSSR count). The van der Waals surface area contributed by atoms with Crippen LogP contribution in [0.1, 0.15) is 116 Å². The summed E-state index contributed by atoms with van der Waals surface area (Å²) in [6, 6.07) is 11.8. The summed E-state index contributed by atoms with van der Waals surface area (Å²) in [5.41, 5.74) is 18.9. The van der Waals surface area contributed by atoms with Crippen LogP contribution in [0.15, 0.2) is 91.0 Å². The summed E-state index contributed by atoms with van der Waals surface area (Å²) in [4.78, 5) is 173. The predicted molar refractivity (Wildman–Crippen MR) is 327 cm³/mol. The highest BCUT2D eigenvalue weighted by atomic mass is 16.2. The van der Waals surface area contributed by atoms with Crippen molar-refractivity contribution in [3.05, 3.63) is 108 Å². The predicted octanol–water partition coefficient (Wildman–Crippen LogP) is -0.290. The maximum absolute atomic E-state index is 15.0. The van der Waals surface area contributed by atoms with Gasteiger partial charge in [-0.1, -0.05) is 133 Å². The van der Waals surface area contributed by atoms with Crippen LogP contribution in [0.3, 0.4) is 0 Å². The van der Waals surface area contributed by atoms with Gasteiger partial charge in [-0.15, -0.1) is 0 Å². The molecule has 10 atom stereocenters. The summed E-state index contributed by atoms with van der Waals surface area (Å²) in [6.45, 7) is 10.8. The third kappa shape index (κ3) is 22.2. The number of carbonyl (C=O) groups excluding carboxylic acids is 12. The van der Waals surface area contributed by atoms with Crippen molar-refractivity contribution in [1.29, 1.82) is 0 Å². The first-order valence-corrected chi connectivity index (χ1v) is 30.3. The van der Waals surface area contributed by atoms with E-state index in [1.165, 1.54) is 4.90 Å². The van der Waals surface area contributed by atoms with E-state index in [-0.39, 0.29) is 76.3 Å². The number of nitrogens with two attached hydrogens (primary N) is 3. The van der Waals surface area contributed by atoms with Gasteiger partial charge in [0.05, 0.1) is 6.42 Å². The number of hydrogen-bond acceptors (Lipinski definition) is 13. The van der Waals surface area contributed by atoms with E-state index >= 15 is 4.79 Å². The third-order valence-electron chi connectivity index (χ3n) is 15.2. The molecule has 0 aromatic heterocycles. The molecule has 3 aromatic rings. The van der Waals surface area contributed by atoms with Crippen molar-refractivity contribution in [3.63, 3.8) is 0 Å². The first kappa shape index (κ1) is 70.0. The molecule has 0 saturated carbocycles. The molecule has 2 aliphatic heterocycles. The Morgan fingerprint density at radius 3 is 1.28 bits per heavy atom. The van der Waals surface area contributed by atoms with E-state index in [1.54, 1.807) is 105 Å². The summed E-state index contributed by atoms with van der Waals surface area (Å²) in [5, 5.41) is 24.4. The molecule has 478 valence electrons. The van der Waals surface area contributed by atoms with Gasteiger partial charge in [-0.25, -0.2) is 0 Å². The normalized spacial score (nSPS) is 24.6. The smallest absolute Gasteiger partial charge is 0.246 e. The standard InChI is InChI=1S/C63H89N13O12/c1-36(2)30-44-57(82)74-49(34-41-22-14-9-15-23-41)63(88)76-29-17-25-50(76)61(86)73-45(31-37(3)4)56(81)71-46(32-39-18-10-7-11-19-39)58(83)72-48(35-52(66)78)59(84)67-43(26-27-51(65)77)55(80)70-47(33-40-20-12-8-13-21-40)60(85)75-53(38(5)6)62(87)68-42(24-16-28-64)54(79)69-44/h7-15,18-23,36-38,42-50,53H,16-17,24-35,64H2,1-6H3,(H2,65,77)(H2,66,78)(H,67,84)(H,68,87)(H,69,79)(H,70,80)(H,71,81)(H,72,83)(H,73,86)(H,74,82)(H,75,85)/t42-,43+,44-,45-,46+,47-,48+,49-,50+,53+/m1/s1. The van der Waals surface area contributed by atoms with E-state index in [4.69, 9.17) is 17.2 Å². The summed E-state index contributed by atoms with van der Waals surface area (Å²) in [5.74, 6) is -11.4. The first-order valence-electron chi connectivity index (χ1n) is 30.3. The molecular weight excluding hydrogens is 1130 g/mol. The number of hydrogen-bond donors (Lipinski definition) is 12. The van der Waals surface area contributed by atoms with Gasteiger partial charge in [0.15, 0.2) is 0 Å². The Bertz CT molecular complexity index is 2900. The van der Waals surface area contributed by atoms with Gasteiger partial charge in [-0.3, -0.25) is 57.5 Å². The van der Waals surface area contributed by atoms with Gasteiger partial charge >= 0.3 is 0 Å². The largest absolute Gasteiger partial charge is 0.370 e. The van der Waals surface area contributed by atoms with Crippen LogP contribution in [0.25, 0.3) is 0 Å². The number of nitrogens with zero attached hydrogens (tertiary/aromatic N) is 1. The first-order chi connectivity index (χ1) is 41.8. The number of nitrogens with one attached hydrogen (secondary N) is 9. The number of primary amides is 2. The maximum Gasteiger partial charge on any atom is 0.246 e. The van der Waals surface area contributed by atoms with Crippen molar-refractivity contribution in [2.75, 3.05) is 13.1 Å². The molecule has 88 heavy (non-hydrogen) atoms. The van der Waals surface area contributed by atoms with Gasteiger partial charge in [0, 0.05) is 32.2 Å². The van der Waals surface area contributed by atoms with Gasteiger partial charge in [0.1, 0.15) is 60.4 Å². The Labute approximate surface area is 514 Å². The van der Waals surface area contributed by atoms with Crippen LogP contribution in [-0.4, -0.2) is 149 Å². The topological polar surface area (TPSA) is 394 Å². The molecule has 0 aliphatic carbocycles. The molecule has 12 amide bonds. The number of rotatable bonds is 19. The minimum atomic E-state index is -1.80. The van der Waals surface area contributed by atoms with Crippen LogP contribution in [0.4, 0.5) is 0 Å². The molecule has 2 saturated heterocycles. The van der Waals surface area contributed by atoms with Gasteiger partial charge < -0.3 is 70.0 Å². The zero-order valence-electron chi connectivity index (χ0n) is 51.1. The monoisotopic (exact) mass is 1220 g/mol. The fraction of sp³-hybridized carbons (Fsp3) is 0.524. The lowest BCUT2D eigenvalue weighted by Crippen LogP contribution is -2.62. The van der Waals surface area contributed by atoms with E-state index in [0.29, 0.717) is 23.1 Å². The fourth-order valence-corrected chi connectivity index (χ4v) is 10.6. The molecule has 2 fully saturated rings. The van der Waals surface area contributed by atoms with Gasteiger partial charge in [-0.05, 0) is 85.9 Å². The Kier molecular flexibility index (Phi) is 27.5. The summed E-state index contributed by atoms with van der Waals surface area (Å²) in [7, 11) is 0. The quantitative estimate of drug-likeness (QED) is 0.0735. The van der Waals surface area contributed by atoms with Crippen LogP contribution in [0, 0.1) is 17.8 Å². The molecular formula is C63H89N13O12. The second kappa shape index (κ2) is 34.6. The molecule has 2 aliphatic rings. The van der Waals surface area contributed by atoms with Crippen molar-refractivity contribution in [2.45, 2.75) is 179 Å². The zero-order valence-corrected chi connectivity index (χ0v) is 51.1. The van der Waals surface area contributed by atoms with Crippen molar-refractivity contribution >= 4 is 70.9 Å². The zero-order chi connectivity index (χ0) is 64.6. The van der Waals surface area contributed by atoms with E-state index in [9.17, 15) is 52.7 Å². The second-order valence-electron chi connectivity index (χ2n) is 23.8. The van der Waals surface area contributed by atoms with Gasteiger partial charge in [0.2, 0.25) is 70.9 Å². The van der Waals surface area contributed by atoms with Gasteiger partial charge in [-0.2, -0.15) is 0 Å². The molecule has 25 nitrogen and oxygen atoms in total. The molecule has 3 aromatic carbocycles. The van der Waals surface area contributed by atoms with E-state index in [0.717, 1.165) is 0 Å². The average molecular weight is 1220 g/mol. The van der Waals surface area contributed by atoms with Crippen molar-refractivity contribution in [1.82, 2.24) is 52.8 Å². The summed E-state index contributed by atoms with van der Waals surface area (Å²) < 4.78 is 0. The average Bonchev–Trinajstić information content (AvgIpc) is 2.19. The van der Waals surface area contributed by atoms with Crippen molar-refractivity contribution < 1.29 is 57.5 Å². The lowest BCUT2D eigenvalue weighted by molar-refractivity contribution is -0.142. The summed E-state index contributed by atoms with van der Waals surface area (Å²) >= 11 is 0. The number of carbonyl (C=O) groups is 12. The Morgan fingerprint density at radius 2 is 0.830 bits per heavy atom.